The number of aryl methyl sites for hydroxylation is 2. The third-order valence-corrected chi connectivity index (χ3v) is 3.40. The molecule has 0 aliphatic rings. The molecule has 2 amide bonds. The summed E-state index contributed by atoms with van der Waals surface area (Å²) in [6.07, 6.45) is 0.780. The molecule has 1 rings (SSSR count). The standard InChI is InChI=1S/C18H28N2O2/c1-12-8-9-14(10-13(12)2)19-15(21)16(22)20-18(6,7)11-17(3,4)5/h8-10H,11H2,1-7H3,(H,19,21)(H,20,22). The molecule has 0 aliphatic heterocycles. The molecule has 0 aromatic heterocycles. The summed E-state index contributed by atoms with van der Waals surface area (Å²) in [5, 5.41) is 5.45. The van der Waals surface area contributed by atoms with Gasteiger partial charge in [0.05, 0.1) is 0 Å². The first kappa shape index (κ1) is 18.2. The number of anilines is 1. The number of carbonyl (C=O) groups excluding carboxylic acids is 2. The van der Waals surface area contributed by atoms with Crippen molar-refractivity contribution in [2.24, 2.45) is 5.41 Å². The van der Waals surface area contributed by atoms with Gasteiger partial charge in [-0.1, -0.05) is 26.8 Å². The summed E-state index contributed by atoms with van der Waals surface area (Å²) < 4.78 is 0. The Morgan fingerprint density at radius 2 is 1.55 bits per heavy atom. The molecule has 0 spiro atoms. The number of hydrogen-bond acceptors (Lipinski definition) is 2. The van der Waals surface area contributed by atoms with Crippen LogP contribution < -0.4 is 10.6 Å². The summed E-state index contributed by atoms with van der Waals surface area (Å²) in [6.45, 7) is 14.2. The van der Waals surface area contributed by atoms with E-state index in [1.165, 1.54) is 0 Å². The first-order chi connectivity index (χ1) is 9.89. The number of nitrogens with one attached hydrogen (secondary N) is 2. The minimum atomic E-state index is -0.634. The van der Waals surface area contributed by atoms with Crippen LogP contribution in [0.3, 0.4) is 0 Å². The van der Waals surface area contributed by atoms with E-state index in [0.717, 1.165) is 17.5 Å². The molecule has 0 heterocycles. The van der Waals surface area contributed by atoms with Gasteiger partial charge in [-0.15, -0.1) is 0 Å². The van der Waals surface area contributed by atoms with Crippen LogP contribution in [0.2, 0.25) is 0 Å². The van der Waals surface area contributed by atoms with Crippen LogP contribution in [0.4, 0.5) is 5.69 Å². The molecule has 122 valence electrons. The highest BCUT2D eigenvalue weighted by atomic mass is 16.2. The highest BCUT2D eigenvalue weighted by Gasteiger charge is 2.29. The van der Waals surface area contributed by atoms with Crippen LogP contribution in [-0.4, -0.2) is 17.4 Å². The molecule has 22 heavy (non-hydrogen) atoms. The van der Waals surface area contributed by atoms with Gasteiger partial charge in [0, 0.05) is 11.2 Å². The van der Waals surface area contributed by atoms with Crippen LogP contribution in [0.1, 0.15) is 52.2 Å². The minimum absolute atomic E-state index is 0.0708. The lowest BCUT2D eigenvalue weighted by Gasteiger charge is -2.33. The van der Waals surface area contributed by atoms with Crippen molar-refractivity contribution in [3.8, 4) is 0 Å². The summed E-state index contributed by atoms with van der Waals surface area (Å²) in [6, 6.07) is 5.58. The fourth-order valence-corrected chi connectivity index (χ4v) is 2.74. The van der Waals surface area contributed by atoms with E-state index in [9.17, 15) is 9.59 Å². The van der Waals surface area contributed by atoms with E-state index in [-0.39, 0.29) is 5.41 Å². The minimum Gasteiger partial charge on any atom is -0.343 e. The van der Waals surface area contributed by atoms with Gasteiger partial charge in [0.2, 0.25) is 0 Å². The molecule has 4 heteroatoms. The van der Waals surface area contributed by atoms with Crippen molar-refractivity contribution in [1.29, 1.82) is 0 Å². The zero-order chi connectivity index (χ0) is 17.1. The lowest BCUT2D eigenvalue weighted by atomic mass is 9.82. The van der Waals surface area contributed by atoms with Gasteiger partial charge in [0.15, 0.2) is 0 Å². The monoisotopic (exact) mass is 304 g/mol. The Hall–Kier alpha value is -1.84. The van der Waals surface area contributed by atoms with E-state index >= 15 is 0 Å². The van der Waals surface area contributed by atoms with Crippen LogP contribution >= 0.6 is 0 Å². The van der Waals surface area contributed by atoms with Gasteiger partial charge in [-0.05, 0) is 62.8 Å². The van der Waals surface area contributed by atoms with E-state index in [0.29, 0.717) is 5.69 Å². The van der Waals surface area contributed by atoms with Crippen LogP contribution in [0.15, 0.2) is 18.2 Å². The Morgan fingerprint density at radius 3 is 2.05 bits per heavy atom. The van der Waals surface area contributed by atoms with Crippen LogP contribution in [0.25, 0.3) is 0 Å². The predicted molar refractivity (Wildman–Crippen MR) is 90.8 cm³/mol. The summed E-state index contributed by atoms with van der Waals surface area (Å²) >= 11 is 0. The van der Waals surface area contributed by atoms with Crippen molar-refractivity contribution in [3.05, 3.63) is 29.3 Å². The number of amides is 2. The Labute approximate surface area is 133 Å². The Bertz CT molecular complexity index is 569. The third-order valence-electron chi connectivity index (χ3n) is 3.40. The van der Waals surface area contributed by atoms with Crippen molar-refractivity contribution in [1.82, 2.24) is 5.32 Å². The van der Waals surface area contributed by atoms with E-state index in [1.54, 1.807) is 6.07 Å². The molecule has 0 aliphatic carbocycles. The van der Waals surface area contributed by atoms with Crippen LogP contribution in [0, 0.1) is 19.3 Å². The van der Waals surface area contributed by atoms with Gasteiger partial charge in [-0.3, -0.25) is 9.59 Å². The van der Waals surface area contributed by atoms with Crippen molar-refractivity contribution >= 4 is 17.5 Å². The smallest absolute Gasteiger partial charge is 0.313 e. The Balaban J connectivity index is 2.69. The SMILES string of the molecule is Cc1ccc(NC(=O)C(=O)NC(C)(C)CC(C)(C)C)cc1C. The number of hydrogen-bond donors (Lipinski definition) is 2. The number of rotatable bonds is 3. The average Bonchev–Trinajstić information content (AvgIpc) is 2.30. The second-order valence-electron chi connectivity index (χ2n) is 7.83. The van der Waals surface area contributed by atoms with Crippen molar-refractivity contribution < 1.29 is 9.59 Å². The lowest BCUT2D eigenvalue weighted by Crippen LogP contribution is -2.49. The molecule has 1 aromatic rings. The third kappa shape index (κ3) is 5.88. The molecule has 0 fully saturated rings. The predicted octanol–water partition coefficient (Wildman–Crippen LogP) is 3.57. The quantitative estimate of drug-likeness (QED) is 0.839. The van der Waals surface area contributed by atoms with Gasteiger partial charge < -0.3 is 10.6 Å². The first-order valence-corrected chi connectivity index (χ1v) is 7.60. The number of benzene rings is 1. The van der Waals surface area contributed by atoms with Crippen molar-refractivity contribution in [2.75, 3.05) is 5.32 Å². The van der Waals surface area contributed by atoms with Crippen LogP contribution in [-0.2, 0) is 9.59 Å². The second kappa shape index (κ2) is 6.51. The molecule has 0 saturated carbocycles. The molecule has 0 atom stereocenters. The maximum atomic E-state index is 12.1. The Morgan fingerprint density at radius 1 is 0.955 bits per heavy atom. The van der Waals surface area contributed by atoms with E-state index in [1.807, 2.05) is 39.8 Å². The average molecular weight is 304 g/mol. The van der Waals surface area contributed by atoms with E-state index < -0.39 is 17.4 Å². The fraction of sp³-hybridized carbons (Fsp3) is 0.556. The molecule has 0 saturated heterocycles. The lowest BCUT2D eigenvalue weighted by molar-refractivity contribution is -0.137. The normalized spacial score (nSPS) is 12.0. The molecule has 2 N–H and O–H groups in total. The summed E-state index contributed by atoms with van der Waals surface area (Å²) in [5.41, 5.74) is 2.49. The van der Waals surface area contributed by atoms with Gasteiger partial charge in [-0.25, -0.2) is 0 Å². The van der Waals surface area contributed by atoms with Gasteiger partial charge >= 0.3 is 11.8 Å². The maximum Gasteiger partial charge on any atom is 0.313 e. The largest absolute Gasteiger partial charge is 0.343 e. The highest BCUT2D eigenvalue weighted by Crippen LogP contribution is 2.26. The molecular weight excluding hydrogens is 276 g/mol. The fourth-order valence-electron chi connectivity index (χ4n) is 2.74. The second-order valence-corrected chi connectivity index (χ2v) is 7.83. The van der Waals surface area contributed by atoms with Crippen LogP contribution in [0.5, 0.6) is 0 Å². The van der Waals surface area contributed by atoms with E-state index in [2.05, 4.69) is 31.4 Å². The highest BCUT2D eigenvalue weighted by molar-refractivity contribution is 6.39. The zero-order valence-corrected chi connectivity index (χ0v) is 14.8. The molecular formula is C18H28N2O2. The maximum absolute atomic E-state index is 12.1. The molecule has 0 bridgehead atoms. The first-order valence-electron chi connectivity index (χ1n) is 7.60. The van der Waals surface area contributed by atoms with Gasteiger partial charge in [-0.2, -0.15) is 0 Å². The summed E-state index contributed by atoms with van der Waals surface area (Å²) in [4.78, 5) is 24.1. The van der Waals surface area contributed by atoms with Gasteiger partial charge in [0.25, 0.3) is 0 Å². The summed E-state index contributed by atoms with van der Waals surface area (Å²) in [7, 11) is 0. The number of carbonyl (C=O) groups is 2. The summed E-state index contributed by atoms with van der Waals surface area (Å²) in [5.74, 6) is -1.24. The topological polar surface area (TPSA) is 58.2 Å². The molecule has 4 nitrogen and oxygen atoms in total. The zero-order valence-electron chi connectivity index (χ0n) is 14.8. The molecule has 0 radical (unpaired) electrons. The molecule has 1 aromatic carbocycles. The van der Waals surface area contributed by atoms with E-state index in [4.69, 9.17) is 0 Å². The van der Waals surface area contributed by atoms with Crippen molar-refractivity contribution in [3.63, 3.8) is 0 Å². The molecule has 0 unspecified atom stereocenters. The Kier molecular flexibility index (Phi) is 5.39. The van der Waals surface area contributed by atoms with Gasteiger partial charge in [0.1, 0.15) is 0 Å². The van der Waals surface area contributed by atoms with Crippen molar-refractivity contribution in [2.45, 2.75) is 60.4 Å².